The summed E-state index contributed by atoms with van der Waals surface area (Å²) in [5.74, 6) is -0.912. The first-order chi connectivity index (χ1) is 8.68. The number of aromatic carboxylic acids is 1. The minimum Gasteiger partial charge on any atom is -0.477 e. The number of fused-ring (bicyclic) bond motifs is 1. The molecule has 0 spiro atoms. The number of nitrogens with zero attached hydrogens (tertiary/aromatic N) is 1. The van der Waals surface area contributed by atoms with Crippen molar-refractivity contribution in [1.29, 1.82) is 0 Å². The van der Waals surface area contributed by atoms with E-state index >= 15 is 0 Å². The molecule has 0 bridgehead atoms. The smallest absolute Gasteiger partial charge is 0.352 e. The molecule has 18 heavy (non-hydrogen) atoms. The molecule has 0 saturated carbocycles. The third-order valence-electron chi connectivity index (χ3n) is 3.21. The summed E-state index contributed by atoms with van der Waals surface area (Å²) >= 11 is 0. The summed E-state index contributed by atoms with van der Waals surface area (Å²) in [5.41, 5.74) is 3.27. The second-order valence-electron chi connectivity index (χ2n) is 4.21. The van der Waals surface area contributed by atoms with E-state index in [0.29, 0.717) is 0 Å². The van der Waals surface area contributed by atoms with Gasteiger partial charge in [0.25, 0.3) is 0 Å². The van der Waals surface area contributed by atoms with Gasteiger partial charge in [0.2, 0.25) is 0 Å². The molecule has 2 aromatic heterocycles. The van der Waals surface area contributed by atoms with Crippen molar-refractivity contribution in [2.24, 2.45) is 7.05 Å². The molecule has 2 heterocycles. The second kappa shape index (κ2) is 3.77. The Bertz CT molecular complexity index is 737. The maximum Gasteiger partial charge on any atom is 0.352 e. The zero-order valence-electron chi connectivity index (χ0n) is 9.84. The van der Waals surface area contributed by atoms with Crippen LogP contribution in [0.5, 0.6) is 0 Å². The third-order valence-corrected chi connectivity index (χ3v) is 3.21. The van der Waals surface area contributed by atoms with Gasteiger partial charge in [0, 0.05) is 35.4 Å². The van der Waals surface area contributed by atoms with Gasteiger partial charge >= 0.3 is 5.97 Å². The van der Waals surface area contributed by atoms with Crippen LogP contribution in [-0.2, 0) is 7.05 Å². The number of aromatic nitrogens is 2. The number of carboxylic acids is 1. The van der Waals surface area contributed by atoms with Crippen LogP contribution in [0.15, 0.2) is 42.6 Å². The molecule has 0 atom stereocenters. The first-order valence-corrected chi connectivity index (χ1v) is 5.64. The van der Waals surface area contributed by atoms with E-state index in [9.17, 15) is 4.79 Å². The standard InChI is InChI=1S/C14H12N2O2/c1-16-12(5-6-13(16)14(17)18)10-3-2-4-11-9(10)7-8-15-11/h2-8,15H,1H3,(H,17,18). The van der Waals surface area contributed by atoms with Crippen LogP contribution in [0.1, 0.15) is 10.5 Å². The highest BCUT2D eigenvalue weighted by atomic mass is 16.4. The molecule has 0 saturated heterocycles. The van der Waals surface area contributed by atoms with E-state index in [-0.39, 0.29) is 5.69 Å². The molecule has 1 aromatic carbocycles. The largest absolute Gasteiger partial charge is 0.477 e. The van der Waals surface area contributed by atoms with E-state index in [1.807, 2.05) is 36.5 Å². The van der Waals surface area contributed by atoms with Crippen LogP contribution < -0.4 is 0 Å². The highest BCUT2D eigenvalue weighted by Crippen LogP contribution is 2.29. The Hall–Kier alpha value is -2.49. The molecule has 0 aliphatic rings. The average molecular weight is 240 g/mol. The molecule has 2 N–H and O–H groups in total. The maximum absolute atomic E-state index is 11.1. The molecule has 0 radical (unpaired) electrons. The minimum absolute atomic E-state index is 0.289. The predicted octanol–water partition coefficient (Wildman–Crippen LogP) is 2.87. The Labute approximate surface area is 103 Å². The van der Waals surface area contributed by atoms with Crippen molar-refractivity contribution in [3.8, 4) is 11.3 Å². The monoisotopic (exact) mass is 240 g/mol. The summed E-state index contributed by atoms with van der Waals surface area (Å²) < 4.78 is 1.70. The van der Waals surface area contributed by atoms with Gasteiger partial charge in [0.05, 0.1) is 0 Å². The SMILES string of the molecule is Cn1c(C(=O)O)ccc1-c1cccc2[nH]ccc12. The molecule has 3 rings (SSSR count). The van der Waals surface area contributed by atoms with Gasteiger partial charge in [-0.3, -0.25) is 0 Å². The van der Waals surface area contributed by atoms with Gasteiger partial charge in [-0.25, -0.2) is 4.79 Å². The fourth-order valence-corrected chi connectivity index (χ4v) is 2.31. The Kier molecular flexibility index (Phi) is 2.23. The quantitative estimate of drug-likeness (QED) is 0.723. The molecule has 4 nitrogen and oxygen atoms in total. The van der Waals surface area contributed by atoms with Gasteiger partial charge in [-0.05, 0) is 24.3 Å². The lowest BCUT2D eigenvalue weighted by Crippen LogP contribution is -2.05. The van der Waals surface area contributed by atoms with Gasteiger partial charge in [0.15, 0.2) is 0 Å². The number of carbonyl (C=O) groups is 1. The summed E-state index contributed by atoms with van der Waals surface area (Å²) in [5, 5.41) is 10.2. The van der Waals surface area contributed by atoms with Crippen LogP contribution in [0.2, 0.25) is 0 Å². The Morgan fingerprint density at radius 2 is 2.06 bits per heavy atom. The number of H-pyrrole nitrogens is 1. The number of benzene rings is 1. The lowest BCUT2D eigenvalue weighted by atomic mass is 10.1. The van der Waals surface area contributed by atoms with Crippen LogP contribution in [0, 0.1) is 0 Å². The van der Waals surface area contributed by atoms with Crippen molar-refractivity contribution in [3.05, 3.63) is 48.3 Å². The summed E-state index contributed by atoms with van der Waals surface area (Å²) in [6, 6.07) is 11.4. The molecule has 0 aliphatic heterocycles. The fraction of sp³-hybridized carbons (Fsp3) is 0.0714. The lowest BCUT2D eigenvalue weighted by Gasteiger charge is -2.06. The van der Waals surface area contributed by atoms with Gasteiger partial charge in [-0.1, -0.05) is 12.1 Å². The van der Waals surface area contributed by atoms with Crippen LogP contribution in [0.4, 0.5) is 0 Å². The number of carboxylic acid groups (broad SMARTS) is 1. The van der Waals surface area contributed by atoms with Crippen molar-refractivity contribution >= 4 is 16.9 Å². The maximum atomic E-state index is 11.1. The Morgan fingerprint density at radius 3 is 2.78 bits per heavy atom. The van der Waals surface area contributed by atoms with E-state index in [1.54, 1.807) is 17.7 Å². The van der Waals surface area contributed by atoms with Gasteiger partial charge < -0.3 is 14.7 Å². The molecular formula is C14H12N2O2. The van der Waals surface area contributed by atoms with E-state index in [1.165, 1.54) is 0 Å². The summed E-state index contributed by atoms with van der Waals surface area (Å²) in [6.45, 7) is 0. The molecule has 3 aromatic rings. The molecule has 0 aliphatic carbocycles. The van der Waals surface area contributed by atoms with Gasteiger partial charge in [-0.15, -0.1) is 0 Å². The van der Waals surface area contributed by atoms with E-state index in [4.69, 9.17) is 5.11 Å². The number of hydrogen-bond donors (Lipinski definition) is 2. The van der Waals surface area contributed by atoms with E-state index in [0.717, 1.165) is 22.2 Å². The van der Waals surface area contributed by atoms with Crippen molar-refractivity contribution in [2.45, 2.75) is 0 Å². The summed E-state index contributed by atoms with van der Waals surface area (Å²) in [4.78, 5) is 14.2. The topological polar surface area (TPSA) is 58.0 Å². The Morgan fingerprint density at radius 1 is 1.22 bits per heavy atom. The van der Waals surface area contributed by atoms with Crippen molar-refractivity contribution in [1.82, 2.24) is 9.55 Å². The number of nitrogens with one attached hydrogen (secondary N) is 1. The molecule has 0 amide bonds. The highest BCUT2D eigenvalue weighted by Gasteiger charge is 2.13. The lowest BCUT2D eigenvalue weighted by molar-refractivity contribution is 0.0687. The number of rotatable bonds is 2. The predicted molar refractivity (Wildman–Crippen MR) is 69.7 cm³/mol. The van der Waals surface area contributed by atoms with Gasteiger partial charge in [-0.2, -0.15) is 0 Å². The van der Waals surface area contributed by atoms with Crippen LogP contribution in [0.3, 0.4) is 0 Å². The second-order valence-corrected chi connectivity index (χ2v) is 4.21. The zero-order valence-corrected chi connectivity index (χ0v) is 9.84. The van der Waals surface area contributed by atoms with Crippen LogP contribution >= 0.6 is 0 Å². The fourth-order valence-electron chi connectivity index (χ4n) is 2.31. The van der Waals surface area contributed by atoms with Crippen molar-refractivity contribution in [3.63, 3.8) is 0 Å². The summed E-state index contributed by atoms with van der Waals surface area (Å²) in [6.07, 6.45) is 1.88. The first-order valence-electron chi connectivity index (χ1n) is 5.64. The summed E-state index contributed by atoms with van der Waals surface area (Å²) in [7, 11) is 1.77. The van der Waals surface area contributed by atoms with Crippen LogP contribution in [-0.4, -0.2) is 20.6 Å². The molecule has 0 unspecified atom stereocenters. The number of aromatic amines is 1. The molecular weight excluding hydrogens is 228 g/mol. The Balaban J connectivity index is 2.26. The zero-order chi connectivity index (χ0) is 12.7. The molecule has 4 heteroatoms. The normalized spacial score (nSPS) is 10.9. The molecule has 0 fully saturated rings. The van der Waals surface area contributed by atoms with Crippen molar-refractivity contribution < 1.29 is 9.90 Å². The third kappa shape index (κ3) is 1.43. The molecule has 90 valence electrons. The number of hydrogen-bond acceptors (Lipinski definition) is 1. The van der Waals surface area contributed by atoms with E-state index < -0.39 is 5.97 Å². The van der Waals surface area contributed by atoms with E-state index in [2.05, 4.69) is 4.98 Å². The van der Waals surface area contributed by atoms with Crippen molar-refractivity contribution in [2.75, 3.05) is 0 Å². The first kappa shape index (κ1) is 10.7. The average Bonchev–Trinajstić information content (AvgIpc) is 2.94. The highest BCUT2D eigenvalue weighted by molar-refractivity contribution is 5.95. The van der Waals surface area contributed by atoms with Crippen LogP contribution in [0.25, 0.3) is 22.2 Å². The van der Waals surface area contributed by atoms with Gasteiger partial charge in [0.1, 0.15) is 5.69 Å². The minimum atomic E-state index is -0.912.